The van der Waals surface area contributed by atoms with Gasteiger partial charge in [-0.25, -0.2) is 0 Å². The number of benzene rings is 1. The lowest BCUT2D eigenvalue weighted by atomic mass is 10.1. The van der Waals surface area contributed by atoms with Crippen LogP contribution < -0.4 is 14.8 Å². The summed E-state index contributed by atoms with van der Waals surface area (Å²) in [6, 6.07) is 6.38. The van der Waals surface area contributed by atoms with Crippen LogP contribution in [0.5, 0.6) is 11.5 Å². The summed E-state index contributed by atoms with van der Waals surface area (Å²) < 4.78 is 10.5. The van der Waals surface area contributed by atoms with Gasteiger partial charge in [-0.2, -0.15) is 11.8 Å². The van der Waals surface area contributed by atoms with Gasteiger partial charge in [0.15, 0.2) is 11.5 Å². The van der Waals surface area contributed by atoms with Gasteiger partial charge in [-0.05, 0) is 30.4 Å². The molecule has 1 atom stereocenters. The van der Waals surface area contributed by atoms with Crippen molar-refractivity contribution in [2.45, 2.75) is 19.9 Å². The largest absolute Gasteiger partial charge is 0.493 e. The molecule has 0 aliphatic carbocycles. The van der Waals surface area contributed by atoms with E-state index in [1.165, 1.54) is 11.3 Å². The number of hydrogen-bond acceptors (Lipinski definition) is 4. The maximum absolute atomic E-state index is 5.31. The molecular formula is C14H23NO2S. The first-order chi connectivity index (χ1) is 8.72. The predicted molar refractivity (Wildman–Crippen MR) is 79.0 cm³/mol. The van der Waals surface area contributed by atoms with Crippen molar-refractivity contribution in [1.29, 1.82) is 0 Å². The molecule has 18 heavy (non-hydrogen) atoms. The molecule has 102 valence electrons. The monoisotopic (exact) mass is 269 g/mol. The molecule has 0 spiro atoms. The molecule has 0 saturated carbocycles. The molecule has 0 radical (unpaired) electrons. The Kier molecular flexibility index (Phi) is 6.98. The van der Waals surface area contributed by atoms with E-state index in [9.17, 15) is 0 Å². The standard InChI is InChI=1S/C14H23NO2S/c1-5-18-9-8-15-11(2)12-6-7-13(16-3)14(10-12)17-4/h6-7,10-11,15H,5,8-9H2,1-4H3. The highest BCUT2D eigenvalue weighted by Gasteiger charge is 2.09. The van der Waals surface area contributed by atoms with Crippen LogP contribution in [0, 0.1) is 0 Å². The van der Waals surface area contributed by atoms with Crippen molar-refractivity contribution in [2.75, 3.05) is 32.3 Å². The average Bonchev–Trinajstić information content (AvgIpc) is 2.42. The summed E-state index contributed by atoms with van der Waals surface area (Å²) in [4.78, 5) is 0. The lowest BCUT2D eigenvalue weighted by Crippen LogP contribution is -2.21. The summed E-state index contributed by atoms with van der Waals surface area (Å²) in [5.74, 6) is 3.88. The fourth-order valence-corrected chi connectivity index (χ4v) is 2.28. The van der Waals surface area contributed by atoms with Gasteiger partial charge >= 0.3 is 0 Å². The molecule has 0 heterocycles. The van der Waals surface area contributed by atoms with Crippen molar-refractivity contribution in [3.63, 3.8) is 0 Å². The smallest absolute Gasteiger partial charge is 0.161 e. The van der Waals surface area contributed by atoms with Crippen molar-refractivity contribution >= 4 is 11.8 Å². The first-order valence-corrected chi connectivity index (χ1v) is 7.41. The Morgan fingerprint density at radius 2 is 1.94 bits per heavy atom. The van der Waals surface area contributed by atoms with Crippen molar-refractivity contribution < 1.29 is 9.47 Å². The normalized spacial score (nSPS) is 12.2. The molecule has 1 rings (SSSR count). The molecule has 1 aromatic rings. The van der Waals surface area contributed by atoms with E-state index in [-0.39, 0.29) is 0 Å². The van der Waals surface area contributed by atoms with Crippen LogP contribution in [-0.2, 0) is 0 Å². The molecule has 3 nitrogen and oxygen atoms in total. The number of nitrogens with one attached hydrogen (secondary N) is 1. The minimum atomic E-state index is 0.322. The van der Waals surface area contributed by atoms with Crippen LogP contribution in [-0.4, -0.2) is 32.3 Å². The van der Waals surface area contributed by atoms with Crippen molar-refractivity contribution in [1.82, 2.24) is 5.32 Å². The molecule has 0 amide bonds. The quantitative estimate of drug-likeness (QED) is 0.735. The van der Waals surface area contributed by atoms with Crippen LogP contribution in [0.4, 0.5) is 0 Å². The lowest BCUT2D eigenvalue weighted by molar-refractivity contribution is 0.354. The van der Waals surface area contributed by atoms with E-state index in [1.807, 2.05) is 23.9 Å². The third-order valence-corrected chi connectivity index (χ3v) is 3.71. The van der Waals surface area contributed by atoms with Gasteiger partial charge in [0, 0.05) is 18.3 Å². The Morgan fingerprint density at radius 1 is 1.22 bits per heavy atom. The van der Waals surface area contributed by atoms with Crippen molar-refractivity contribution in [3.8, 4) is 11.5 Å². The third kappa shape index (κ3) is 4.42. The molecule has 0 fully saturated rings. The fourth-order valence-electron chi connectivity index (χ4n) is 1.73. The Hall–Kier alpha value is -0.870. The molecule has 1 N–H and O–H groups in total. The highest BCUT2D eigenvalue weighted by molar-refractivity contribution is 7.99. The number of ether oxygens (including phenoxy) is 2. The Bertz CT molecular complexity index is 358. The molecule has 1 aromatic carbocycles. The average molecular weight is 269 g/mol. The SMILES string of the molecule is CCSCCNC(C)c1ccc(OC)c(OC)c1. The van der Waals surface area contributed by atoms with E-state index in [2.05, 4.69) is 25.2 Å². The Labute approximate surface area is 114 Å². The van der Waals surface area contributed by atoms with E-state index in [0.29, 0.717) is 6.04 Å². The zero-order valence-electron chi connectivity index (χ0n) is 11.7. The van der Waals surface area contributed by atoms with Crippen LogP contribution in [0.1, 0.15) is 25.5 Å². The Morgan fingerprint density at radius 3 is 2.56 bits per heavy atom. The zero-order valence-corrected chi connectivity index (χ0v) is 12.5. The maximum Gasteiger partial charge on any atom is 0.161 e. The first kappa shape index (κ1) is 15.2. The fraction of sp³-hybridized carbons (Fsp3) is 0.571. The van der Waals surface area contributed by atoms with Crippen molar-refractivity contribution in [2.24, 2.45) is 0 Å². The van der Waals surface area contributed by atoms with Crippen LogP contribution in [0.2, 0.25) is 0 Å². The molecule has 0 aliphatic heterocycles. The summed E-state index contributed by atoms with van der Waals surface area (Å²) >= 11 is 1.95. The third-order valence-electron chi connectivity index (χ3n) is 2.81. The van der Waals surface area contributed by atoms with E-state index in [1.54, 1.807) is 14.2 Å². The molecule has 0 saturated heterocycles. The van der Waals surface area contributed by atoms with Gasteiger partial charge in [-0.15, -0.1) is 0 Å². The summed E-state index contributed by atoms with van der Waals surface area (Å²) in [6.07, 6.45) is 0. The van der Waals surface area contributed by atoms with Crippen LogP contribution >= 0.6 is 11.8 Å². The van der Waals surface area contributed by atoms with Gasteiger partial charge < -0.3 is 14.8 Å². The van der Waals surface area contributed by atoms with Crippen LogP contribution in [0.25, 0.3) is 0 Å². The van der Waals surface area contributed by atoms with Gasteiger partial charge in [0.2, 0.25) is 0 Å². The Balaban J connectivity index is 2.59. The molecule has 0 bridgehead atoms. The van der Waals surface area contributed by atoms with Gasteiger partial charge in [0.25, 0.3) is 0 Å². The highest BCUT2D eigenvalue weighted by atomic mass is 32.2. The van der Waals surface area contributed by atoms with E-state index >= 15 is 0 Å². The first-order valence-electron chi connectivity index (χ1n) is 6.26. The second-order valence-electron chi connectivity index (χ2n) is 3.99. The van der Waals surface area contributed by atoms with Crippen LogP contribution in [0.15, 0.2) is 18.2 Å². The van der Waals surface area contributed by atoms with E-state index in [0.717, 1.165) is 23.8 Å². The summed E-state index contributed by atoms with van der Waals surface area (Å²) in [6.45, 7) is 5.37. The molecule has 0 aromatic heterocycles. The number of rotatable bonds is 8. The van der Waals surface area contributed by atoms with Gasteiger partial charge in [0.1, 0.15) is 0 Å². The lowest BCUT2D eigenvalue weighted by Gasteiger charge is -2.16. The van der Waals surface area contributed by atoms with E-state index in [4.69, 9.17) is 9.47 Å². The second-order valence-corrected chi connectivity index (χ2v) is 5.38. The molecule has 4 heteroatoms. The van der Waals surface area contributed by atoms with E-state index < -0.39 is 0 Å². The zero-order chi connectivity index (χ0) is 13.4. The van der Waals surface area contributed by atoms with Gasteiger partial charge in [-0.3, -0.25) is 0 Å². The molecule has 1 unspecified atom stereocenters. The minimum absolute atomic E-state index is 0.322. The highest BCUT2D eigenvalue weighted by Crippen LogP contribution is 2.29. The predicted octanol–water partition coefficient (Wildman–Crippen LogP) is 3.11. The maximum atomic E-state index is 5.31. The summed E-state index contributed by atoms with van der Waals surface area (Å²) in [5.41, 5.74) is 1.22. The molecular weight excluding hydrogens is 246 g/mol. The second kappa shape index (κ2) is 8.27. The number of thioether (sulfide) groups is 1. The number of hydrogen-bond donors (Lipinski definition) is 1. The summed E-state index contributed by atoms with van der Waals surface area (Å²) in [7, 11) is 3.32. The van der Waals surface area contributed by atoms with Gasteiger partial charge in [-0.1, -0.05) is 13.0 Å². The molecule has 0 aliphatic rings. The van der Waals surface area contributed by atoms with Crippen LogP contribution in [0.3, 0.4) is 0 Å². The van der Waals surface area contributed by atoms with Crippen molar-refractivity contribution in [3.05, 3.63) is 23.8 Å². The number of methoxy groups -OCH3 is 2. The van der Waals surface area contributed by atoms with Gasteiger partial charge in [0.05, 0.1) is 14.2 Å². The topological polar surface area (TPSA) is 30.5 Å². The minimum Gasteiger partial charge on any atom is -0.493 e. The summed E-state index contributed by atoms with van der Waals surface area (Å²) in [5, 5.41) is 3.51.